The Balaban J connectivity index is 1.56. The van der Waals surface area contributed by atoms with E-state index in [1.54, 1.807) is 37.3 Å². The van der Waals surface area contributed by atoms with Crippen LogP contribution < -0.4 is 15.4 Å². The molecule has 164 valence electrons. The van der Waals surface area contributed by atoms with E-state index < -0.39 is 12.1 Å². The lowest BCUT2D eigenvalue weighted by atomic mass is 10.1. The molecule has 3 rings (SSSR count). The molecule has 3 aromatic rings. The highest BCUT2D eigenvalue weighted by atomic mass is 16.7. The Morgan fingerprint density at radius 2 is 1.66 bits per heavy atom. The van der Waals surface area contributed by atoms with Crippen LogP contribution in [0.4, 0.5) is 10.5 Å². The molecule has 0 spiro atoms. The Hall–Kier alpha value is -4.33. The third-order valence-corrected chi connectivity index (χ3v) is 4.37. The van der Waals surface area contributed by atoms with Crippen molar-refractivity contribution in [1.82, 2.24) is 5.32 Å². The van der Waals surface area contributed by atoms with Crippen LogP contribution in [0.25, 0.3) is 0 Å². The maximum absolute atomic E-state index is 12.4. The summed E-state index contributed by atoms with van der Waals surface area (Å²) in [7, 11) is 0. The predicted octanol–water partition coefficient (Wildman–Crippen LogP) is 4.11. The van der Waals surface area contributed by atoms with Crippen LogP contribution in [0.15, 0.2) is 72.8 Å². The molecule has 8 nitrogen and oxygen atoms in total. The van der Waals surface area contributed by atoms with Crippen LogP contribution in [0.1, 0.15) is 33.2 Å². The molecule has 8 heteroatoms. The molecule has 0 atom stereocenters. The van der Waals surface area contributed by atoms with Crippen molar-refractivity contribution in [3.63, 3.8) is 0 Å². The number of rotatable bonds is 7. The monoisotopic (exact) mass is 434 g/mol. The maximum Gasteiger partial charge on any atom is 0.513 e. The fourth-order valence-corrected chi connectivity index (χ4v) is 2.83. The predicted molar refractivity (Wildman–Crippen MR) is 118 cm³/mol. The van der Waals surface area contributed by atoms with Gasteiger partial charge >= 0.3 is 6.16 Å². The van der Waals surface area contributed by atoms with Gasteiger partial charge in [0.1, 0.15) is 11.5 Å². The molecule has 3 aromatic carbocycles. The van der Waals surface area contributed by atoms with Crippen LogP contribution >= 0.6 is 0 Å². The number of phenolic OH excluding ortho intramolecular Hbond substituents is 1. The summed E-state index contributed by atoms with van der Waals surface area (Å²) in [5, 5.41) is 15.3. The minimum absolute atomic E-state index is 0.105. The normalized spacial score (nSPS) is 10.2. The van der Waals surface area contributed by atoms with Crippen molar-refractivity contribution in [3.8, 4) is 11.5 Å². The summed E-state index contributed by atoms with van der Waals surface area (Å²) in [6, 6.07) is 19.3. The van der Waals surface area contributed by atoms with Crippen LogP contribution in [0, 0.1) is 0 Å². The first-order valence-corrected chi connectivity index (χ1v) is 9.87. The number of carbonyl (C=O) groups is 3. The number of hydrogen-bond acceptors (Lipinski definition) is 6. The molecule has 2 amide bonds. The quantitative estimate of drug-likeness (QED) is 0.381. The van der Waals surface area contributed by atoms with Gasteiger partial charge in [0.15, 0.2) is 0 Å². The van der Waals surface area contributed by atoms with Crippen molar-refractivity contribution in [2.45, 2.75) is 13.5 Å². The zero-order valence-corrected chi connectivity index (χ0v) is 17.3. The molecule has 0 unspecified atom stereocenters. The van der Waals surface area contributed by atoms with Gasteiger partial charge in [0.25, 0.3) is 11.8 Å². The molecule has 3 N–H and O–H groups in total. The first kappa shape index (κ1) is 22.4. The Kier molecular flexibility index (Phi) is 7.42. The number of carbonyl (C=O) groups excluding carboxylic acids is 3. The molecule has 0 bridgehead atoms. The van der Waals surface area contributed by atoms with Crippen molar-refractivity contribution in [2.75, 3.05) is 11.9 Å². The Morgan fingerprint density at radius 1 is 0.906 bits per heavy atom. The van der Waals surface area contributed by atoms with Gasteiger partial charge in [0.05, 0.1) is 12.2 Å². The van der Waals surface area contributed by atoms with Gasteiger partial charge in [-0.05, 0) is 61.0 Å². The molecule has 0 fully saturated rings. The smallest absolute Gasteiger partial charge is 0.507 e. The molecule has 0 radical (unpaired) electrons. The summed E-state index contributed by atoms with van der Waals surface area (Å²) >= 11 is 0. The van der Waals surface area contributed by atoms with E-state index in [1.165, 1.54) is 36.4 Å². The van der Waals surface area contributed by atoms with Crippen molar-refractivity contribution in [2.24, 2.45) is 0 Å². The second-order valence-electron chi connectivity index (χ2n) is 6.66. The van der Waals surface area contributed by atoms with Gasteiger partial charge in [-0.1, -0.05) is 24.3 Å². The summed E-state index contributed by atoms with van der Waals surface area (Å²) in [5.41, 5.74) is 1.87. The highest BCUT2D eigenvalue weighted by Crippen LogP contribution is 2.19. The molecular formula is C24H22N2O6. The summed E-state index contributed by atoms with van der Waals surface area (Å²) in [4.78, 5) is 36.1. The van der Waals surface area contributed by atoms with Gasteiger partial charge in [-0.2, -0.15) is 0 Å². The number of nitrogens with one attached hydrogen (secondary N) is 2. The van der Waals surface area contributed by atoms with Crippen molar-refractivity contribution in [1.29, 1.82) is 0 Å². The highest BCUT2D eigenvalue weighted by molar-refractivity contribution is 6.06. The zero-order chi connectivity index (χ0) is 22.9. The van der Waals surface area contributed by atoms with E-state index in [-0.39, 0.29) is 36.1 Å². The Labute approximate surface area is 184 Å². The molecule has 0 saturated carbocycles. The number of hydrogen-bond donors (Lipinski definition) is 3. The third-order valence-electron chi connectivity index (χ3n) is 4.37. The van der Waals surface area contributed by atoms with Gasteiger partial charge in [-0.25, -0.2) is 4.79 Å². The number of anilines is 1. The van der Waals surface area contributed by atoms with E-state index in [0.29, 0.717) is 11.3 Å². The lowest BCUT2D eigenvalue weighted by molar-refractivity contribution is 0.0949. The SMILES string of the molecule is CCOC(=O)Oc1ccc(C(=O)NCc2cccc(NC(=O)c3ccccc3O)c2)cc1. The molecular weight excluding hydrogens is 412 g/mol. The molecule has 0 aliphatic rings. The summed E-state index contributed by atoms with van der Waals surface area (Å²) < 4.78 is 9.66. The first-order valence-electron chi connectivity index (χ1n) is 9.87. The lowest BCUT2D eigenvalue weighted by Gasteiger charge is -2.10. The van der Waals surface area contributed by atoms with Gasteiger partial charge in [0.2, 0.25) is 0 Å². The van der Waals surface area contributed by atoms with E-state index in [9.17, 15) is 19.5 Å². The maximum atomic E-state index is 12.4. The average molecular weight is 434 g/mol. The molecule has 0 heterocycles. The highest BCUT2D eigenvalue weighted by Gasteiger charge is 2.11. The summed E-state index contributed by atoms with van der Waals surface area (Å²) in [6.07, 6.45) is -0.806. The number of benzene rings is 3. The molecule has 32 heavy (non-hydrogen) atoms. The number of ether oxygens (including phenoxy) is 2. The number of phenols is 1. The van der Waals surface area contributed by atoms with Gasteiger partial charge in [-0.15, -0.1) is 0 Å². The van der Waals surface area contributed by atoms with Crippen LogP contribution in [0.3, 0.4) is 0 Å². The fourth-order valence-electron chi connectivity index (χ4n) is 2.83. The van der Waals surface area contributed by atoms with Gasteiger partial charge in [0, 0.05) is 17.8 Å². The van der Waals surface area contributed by atoms with E-state index >= 15 is 0 Å². The Bertz CT molecular complexity index is 1110. The summed E-state index contributed by atoms with van der Waals surface area (Å²) in [5.74, 6) is -0.578. The minimum Gasteiger partial charge on any atom is -0.507 e. The zero-order valence-electron chi connectivity index (χ0n) is 17.3. The van der Waals surface area contributed by atoms with Crippen molar-refractivity contribution >= 4 is 23.7 Å². The van der Waals surface area contributed by atoms with E-state index in [1.807, 2.05) is 6.07 Å². The van der Waals surface area contributed by atoms with Gasteiger partial charge in [-0.3, -0.25) is 9.59 Å². The molecule has 0 aliphatic heterocycles. The summed E-state index contributed by atoms with van der Waals surface area (Å²) in [6.45, 7) is 2.12. The second kappa shape index (κ2) is 10.6. The Morgan fingerprint density at radius 3 is 2.38 bits per heavy atom. The van der Waals surface area contributed by atoms with Crippen LogP contribution in [0.2, 0.25) is 0 Å². The van der Waals surface area contributed by atoms with Gasteiger partial charge < -0.3 is 25.2 Å². The minimum atomic E-state index is -0.806. The topological polar surface area (TPSA) is 114 Å². The largest absolute Gasteiger partial charge is 0.513 e. The number of aromatic hydroxyl groups is 1. The number of para-hydroxylation sites is 1. The van der Waals surface area contributed by atoms with E-state index in [4.69, 9.17) is 9.47 Å². The van der Waals surface area contributed by atoms with Crippen LogP contribution in [-0.4, -0.2) is 29.7 Å². The number of amides is 2. The molecule has 0 aliphatic carbocycles. The fraction of sp³-hybridized carbons (Fsp3) is 0.125. The van der Waals surface area contributed by atoms with E-state index in [2.05, 4.69) is 10.6 Å². The van der Waals surface area contributed by atoms with Crippen LogP contribution in [0.5, 0.6) is 11.5 Å². The van der Waals surface area contributed by atoms with Crippen LogP contribution in [-0.2, 0) is 11.3 Å². The van der Waals surface area contributed by atoms with Crippen molar-refractivity contribution in [3.05, 3.63) is 89.5 Å². The van der Waals surface area contributed by atoms with Crippen molar-refractivity contribution < 1.29 is 29.0 Å². The van der Waals surface area contributed by atoms with E-state index in [0.717, 1.165) is 5.56 Å². The average Bonchev–Trinajstić information content (AvgIpc) is 2.78. The lowest BCUT2D eigenvalue weighted by Crippen LogP contribution is -2.22. The molecule has 0 aromatic heterocycles. The first-order chi connectivity index (χ1) is 15.5. The third kappa shape index (κ3) is 6.09. The second-order valence-corrected chi connectivity index (χ2v) is 6.66. The molecule has 0 saturated heterocycles. The standard InChI is InChI=1S/C24H22N2O6/c1-2-31-24(30)32-19-12-10-17(11-13-19)22(28)25-15-16-6-5-7-18(14-16)26-23(29)20-8-3-4-9-21(20)27/h3-14,27H,2,15H2,1H3,(H,25,28)(H,26,29).